The molecule has 0 saturated carbocycles. The lowest BCUT2D eigenvalue weighted by Crippen LogP contribution is -2.06. The van der Waals surface area contributed by atoms with E-state index in [-0.39, 0.29) is 23.7 Å². The summed E-state index contributed by atoms with van der Waals surface area (Å²) in [4.78, 5) is 0. The molecule has 5 rings (SSSR count). The van der Waals surface area contributed by atoms with Crippen LogP contribution in [-0.4, -0.2) is 43.7 Å². The first-order valence-electron chi connectivity index (χ1n) is 10.5. The van der Waals surface area contributed by atoms with E-state index in [1.807, 2.05) is 30.3 Å². The summed E-state index contributed by atoms with van der Waals surface area (Å²) in [6.07, 6.45) is 0.225. The van der Waals surface area contributed by atoms with Crippen molar-refractivity contribution in [2.45, 2.75) is 18.8 Å². The number of epoxide rings is 2. The molecular weight excluding hydrogens is 434 g/mol. The molecule has 0 amide bonds. The third kappa shape index (κ3) is 7.06. The fraction of sp³-hybridized carbons (Fsp3) is 0.280. The molecule has 1 N–H and O–H groups in total. The van der Waals surface area contributed by atoms with Gasteiger partial charge in [0.05, 0.1) is 13.2 Å². The van der Waals surface area contributed by atoms with Gasteiger partial charge in [-0.05, 0) is 29.8 Å². The van der Waals surface area contributed by atoms with E-state index < -0.39 is 17.4 Å². The van der Waals surface area contributed by atoms with Gasteiger partial charge in [0.1, 0.15) is 32.0 Å². The highest BCUT2D eigenvalue weighted by Crippen LogP contribution is 2.32. The molecule has 2 atom stereocenters. The Morgan fingerprint density at radius 3 is 1.94 bits per heavy atom. The predicted molar refractivity (Wildman–Crippen MR) is 116 cm³/mol. The number of phenols is 1. The standard InChI is InChI=1S/C16H15FO3.C9H9FO3/c17-14-7-4-8-15(19-11-13-10-18-13)16(14)20-9-12-5-2-1-3-6-12;10-7-2-1-3-8(9(7)11)13-5-6-4-12-6/h1-8,13H,9-11H2;1-3,6,11H,4-5H2. The Kier molecular flexibility index (Phi) is 7.59. The highest BCUT2D eigenvalue weighted by Gasteiger charge is 2.24. The van der Waals surface area contributed by atoms with Gasteiger partial charge < -0.3 is 28.8 Å². The normalized spacial score (nSPS) is 18.0. The van der Waals surface area contributed by atoms with E-state index in [0.29, 0.717) is 38.8 Å². The van der Waals surface area contributed by atoms with Gasteiger partial charge in [0.2, 0.25) is 0 Å². The van der Waals surface area contributed by atoms with Crippen LogP contribution in [0.1, 0.15) is 5.56 Å². The van der Waals surface area contributed by atoms with Crippen LogP contribution < -0.4 is 14.2 Å². The van der Waals surface area contributed by atoms with Crippen LogP contribution >= 0.6 is 0 Å². The van der Waals surface area contributed by atoms with Crippen LogP contribution in [0.25, 0.3) is 0 Å². The van der Waals surface area contributed by atoms with Crippen molar-refractivity contribution in [3.05, 3.63) is 83.9 Å². The van der Waals surface area contributed by atoms with Crippen LogP contribution in [0, 0.1) is 11.6 Å². The third-order valence-corrected chi connectivity index (χ3v) is 4.76. The zero-order chi connectivity index (χ0) is 23.0. The Morgan fingerprint density at radius 2 is 1.30 bits per heavy atom. The third-order valence-electron chi connectivity index (χ3n) is 4.76. The molecule has 2 fully saturated rings. The second-order valence-corrected chi connectivity index (χ2v) is 7.46. The largest absolute Gasteiger partial charge is 0.502 e. The Balaban J connectivity index is 0.000000172. The smallest absolute Gasteiger partial charge is 0.197 e. The predicted octanol–water partition coefficient (Wildman–Crippen LogP) is 4.49. The maximum atomic E-state index is 13.9. The molecule has 0 aromatic heterocycles. The van der Waals surface area contributed by atoms with Crippen molar-refractivity contribution < 1.29 is 37.6 Å². The molecule has 3 aromatic carbocycles. The maximum Gasteiger partial charge on any atom is 0.197 e. The summed E-state index contributed by atoms with van der Waals surface area (Å²) in [5.41, 5.74) is 0.979. The average molecular weight is 458 g/mol. The SMILES string of the molecule is Fc1cccc(OCC2CO2)c1OCc1ccccc1.Oc1c(F)cccc1OCC1CO1. The summed E-state index contributed by atoms with van der Waals surface area (Å²) >= 11 is 0. The number of benzene rings is 3. The Hall–Kier alpha value is -3.36. The average Bonchev–Trinajstić information content (AvgIpc) is 3.75. The summed E-state index contributed by atoms with van der Waals surface area (Å²) in [6, 6.07) is 18.5. The van der Waals surface area contributed by atoms with Gasteiger partial charge in [-0.2, -0.15) is 0 Å². The fourth-order valence-corrected chi connectivity index (χ4v) is 2.78. The van der Waals surface area contributed by atoms with E-state index in [1.165, 1.54) is 24.3 Å². The summed E-state index contributed by atoms with van der Waals surface area (Å²) in [7, 11) is 0. The lowest BCUT2D eigenvalue weighted by molar-refractivity contribution is 0.231. The molecule has 0 radical (unpaired) electrons. The summed E-state index contributed by atoms with van der Waals surface area (Å²) in [5.74, 6) is -0.809. The zero-order valence-electron chi connectivity index (χ0n) is 17.8. The van der Waals surface area contributed by atoms with Crippen molar-refractivity contribution in [3.8, 4) is 23.0 Å². The Labute approximate surface area is 190 Å². The summed E-state index contributed by atoms with van der Waals surface area (Å²) < 4.78 is 52.8. The van der Waals surface area contributed by atoms with E-state index in [1.54, 1.807) is 12.1 Å². The molecule has 8 heteroatoms. The molecule has 33 heavy (non-hydrogen) atoms. The van der Waals surface area contributed by atoms with Crippen LogP contribution in [0.5, 0.6) is 23.0 Å². The van der Waals surface area contributed by atoms with Gasteiger partial charge in [-0.25, -0.2) is 8.78 Å². The monoisotopic (exact) mass is 458 g/mol. The highest BCUT2D eigenvalue weighted by atomic mass is 19.1. The molecule has 6 nitrogen and oxygen atoms in total. The molecular formula is C25H24F2O6. The van der Waals surface area contributed by atoms with Gasteiger partial charge in [0.15, 0.2) is 34.6 Å². The quantitative estimate of drug-likeness (QED) is 0.477. The van der Waals surface area contributed by atoms with Crippen molar-refractivity contribution in [2.24, 2.45) is 0 Å². The minimum absolute atomic E-state index is 0.0997. The minimum Gasteiger partial charge on any atom is -0.502 e. The van der Waals surface area contributed by atoms with Gasteiger partial charge in [-0.3, -0.25) is 0 Å². The summed E-state index contributed by atoms with van der Waals surface area (Å²) in [6.45, 7) is 2.46. The van der Waals surface area contributed by atoms with E-state index in [0.717, 1.165) is 5.56 Å². The van der Waals surface area contributed by atoms with Gasteiger partial charge in [0, 0.05) is 0 Å². The number of para-hydroxylation sites is 2. The number of aromatic hydroxyl groups is 1. The molecule has 2 saturated heterocycles. The molecule has 2 unspecified atom stereocenters. The molecule has 2 aliphatic heterocycles. The van der Waals surface area contributed by atoms with Crippen molar-refractivity contribution in [2.75, 3.05) is 26.4 Å². The lowest BCUT2D eigenvalue weighted by atomic mass is 10.2. The van der Waals surface area contributed by atoms with Crippen LogP contribution in [0.4, 0.5) is 8.78 Å². The van der Waals surface area contributed by atoms with E-state index >= 15 is 0 Å². The van der Waals surface area contributed by atoms with E-state index in [2.05, 4.69) is 0 Å². The number of hydrogen-bond acceptors (Lipinski definition) is 6. The van der Waals surface area contributed by atoms with Crippen LogP contribution in [-0.2, 0) is 16.1 Å². The first-order chi connectivity index (χ1) is 16.1. The molecule has 3 aromatic rings. The summed E-state index contributed by atoms with van der Waals surface area (Å²) in [5, 5.41) is 9.19. The van der Waals surface area contributed by atoms with Crippen molar-refractivity contribution in [1.82, 2.24) is 0 Å². The molecule has 0 aliphatic carbocycles. The van der Waals surface area contributed by atoms with Crippen molar-refractivity contribution in [1.29, 1.82) is 0 Å². The number of halogens is 2. The molecule has 2 heterocycles. The van der Waals surface area contributed by atoms with Crippen molar-refractivity contribution in [3.63, 3.8) is 0 Å². The topological polar surface area (TPSA) is 73.0 Å². The second kappa shape index (κ2) is 11.0. The Bertz CT molecular complexity index is 1040. The van der Waals surface area contributed by atoms with E-state index in [9.17, 15) is 13.9 Å². The van der Waals surface area contributed by atoms with E-state index in [4.69, 9.17) is 23.7 Å². The van der Waals surface area contributed by atoms with Crippen LogP contribution in [0.2, 0.25) is 0 Å². The number of phenolic OH excluding ortho intramolecular Hbond substituents is 1. The van der Waals surface area contributed by atoms with Crippen LogP contribution in [0.3, 0.4) is 0 Å². The van der Waals surface area contributed by atoms with Crippen LogP contribution in [0.15, 0.2) is 66.7 Å². The van der Waals surface area contributed by atoms with Gasteiger partial charge >= 0.3 is 0 Å². The molecule has 2 aliphatic rings. The number of hydrogen-bond donors (Lipinski definition) is 1. The Morgan fingerprint density at radius 1 is 0.727 bits per heavy atom. The minimum atomic E-state index is -0.672. The first kappa shape index (κ1) is 22.8. The van der Waals surface area contributed by atoms with Gasteiger partial charge in [-0.15, -0.1) is 0 Å². The zero-order valence-corrected chi connectivity index (χ0v) is 17.8. The molecule has 174 valence electrons. The van der Waals surface area contributed by atoms with Gasteiger partial charge in [-0.1, -0.05) is 42.5 Å². The highest BCUT2D eigenvalue weighted by molar-refractivity contribution is 5.41. The number of rotatable bonds is 9. The maximum absolute atomic E-state index is 13.9. The van der Waals surface area contributed by atoms with Crippen molar-refractivity contribution >= 4 is 0 Å². The molecule has 0 spiro atoms. The fourth-order valence-electron chi connectivity index (χ4n) is 2.78. The number of ether oxygens (including phenoxy) is 5. The molecule has 0 bridgehead atoms. The van der Waals surface area contributed by atoms with Gasteiger partial charge in [0.25, 0.3) is 0 Å². The lowest BCUT2D eigenvalue weighted by Gasteiger charge is -2.13. The second-order valence-electron chi connectivity index (χ2n) is 7.46. The first-order valence-corrected chi connectivity index (χ1v) is 10.5.